The smallest absolute Gasteiger partial charge is 0.341 e. The molecule has 10 nitrogen and oxygen atoms in total. The molecule has 0 bridgehead atoms. The Balaban J connectivity index is 0.991. The van der Waals surface area contributed by atoms with Gasteiger partial charge in [-0.15, -0.1) is 0 Å². The first-order chi connectivity index (χ1) is 28.3. The molecule has 4 aromatic rings. The molecule has 4 aromatic carbocycles. The van der Waals surface area contributed by atoms with Crippen LogP contribution in [0.15, 0.2) is 102 Å². The van der Waals surface area contributed by atoms with Crippen LogP contribution in [0.2, 0.25) is 0 Å². The van der Waals surface area contributed by atoms with Gasteiger partial charge in [-0.2, -0.15) is 4.31 Å². The fraction of sp³-hybridized carbons (Fsp3) is 0.438. The van der Waals surface area contributed by atoms with Gasteiger partial charge in [0.25, 0.3) is 0 Å². The van der Waals surface area contributed by atoms with Crippen LogP contribution < -0.4 is 14.2 Å². The zero-order valence-corrected chi connectivity index (χ0v) is 35.6. The van der Waals surface area contributed by atoms with E-state index in [1.54, 1.807) is 16.4 Å². The highest BCUT2D eigenvalue weighted by Gasteiger charge is 2.43. The second kappa shape index (κ2) is 18.7. The lowest BCUT2D eigenvalue weighted by molar-refractivity contribution is -0.140. The van der Waals surface area contributed by atoms with E-state index in [-0.39, 0.29) is 22.8 Å². The van der Waals surface area contributed by atoms with Crippen molar-refractivity contribution >= 4 is 16.0 Å². The number of nitrogens with zero attached hydrogens (tertiary/aromatic N) is 2. The SMILES string of the molecule is C=C(C)[C@H]1C[C@@H]2CN(Cc3ccc(OCCOc4cc(C)cc(C(C)C)c4)cc3)CC[C@@H]2O[C@@H]1c1cc(S(=O)(=O)N2CCc3ccccc3CC2)ccc1OCC(=O)O. The standard InChI is InChI=1S/C48H58N2O8S/c1-32(2)38-24-34(5)25-41(26-38)56-23-22-55-40-12-10-35(11-13-40)29-49-19-18-45-39(30-49)27-43(33(3)4)48(58-45)44-28-42(14-15-46(44)57-31-47(51)52)59(53,54)50-20-16-36-8-6-7-9-37(36)17-21-50/h6-15,24-26,28,32,39,43,45,48H,3,16-23,27,29-31H2,1-2,4-5H3,(H,51,52)/t39-,43-,45+,48+/m1/s1. The van der Waals surface area contributed by atoms with Crippen LogP contribution in [0, 0.1) is 18.8 Å². The van der Waals surface area contributed by atoms with Crippen molar-refractivity contribution in [2.24, 2.45) is 11.8 Å². The molecule has 4 atom stereocenters. The normalized spacial score (nSPS) is 21.2. The predicted octanol–water partition coefficient (Wildman–Crippen LogP) is 8.37. The summed E-state index contributed by atoms with van der Waals surface area (Å²) in [5.74, 6) is 1.43. The molecule has 11 heteroatoms. The Morgan fingerprint density at radius 3 is 2.25 bits per heavy atom. The molecule has 314 valence electrons. The molecular formula is C48H58N2O8S. The molecule has 2 saturated heterocycles. The first-order valence-corrected chi connectivity index (χ1v) is 22.3. The van der Waals surface area contributed by atoms with Gasteiger partial charge in [0, 0.05) is 44.2 Å². The first kappa shape index (κ1) is 42.4. The van der Waals surface area contributed by atoms with Crippen molar-refractivity contribution in [3.05, 3.63) is 130 Å². The number of hydrogen-bond donors (Lipinski definition) is 1. The summed E-state index contributed by atoms with van der Waals surface area (Å²) in [6, 6.07) is 27.5. The third kappa shape index (κ3) is 10.4. The van der Waals surface area contributed by atoms with Crippen molar-refractivity contribution in [3.8, 4) is 17.2 Å². The summed E-state index contributed by atoms with van der Waals surface area (Å²) in [6.07, 6.45) is 2.28. The van der Waals surface area contributed by atoms with E-state index in [1.165, 1.54) is 33.9 Å². The van der Waals surface area contributed by atoms with Gasteiger partial charge in [0.05, 0.1) is 17.1 Å². The molecule has 0 aliphatic carbocycles. The number of likely N-dealkylation sites (tertiary alicyclic amines) is 1. The molecular weight excluding hydrogens is 765 g/mol. The molecule has 0 saturated carbocycles. The fourth-order valence-electron chi connectivity index (χ4n) is 8.80. The number of ether oxygens (including phenoxy) is 4. The van der Waals surface area contributed by atoms with Crippen LogP contribution in [-0.2, 0) is 38.9 Å². The largest absolute Gasteiger partial charge is 0.490 e. The summed E-state index contributed by atoms with van der Waals surface area (Å²) in [6.45, 7) is 16.4. The fourth-order valence-corrected chi connectivity index (χ4v) is 10.3. The summed E-state index contributed by atoms with van der Waals surface area (Å²) in [5.41, 5.74) is 7.46. The van der Waals surface area contributed by atoms with Gasteiger partial charge in [-0.3, -0.25) is 4.90 Å². The van der Waals surface area contributed by atoms with E-state index < -0.39 is 28.7 Å². The van der Waals surface area contributed by atoms with Gasteiger partial charge < -0.3 is 24.1 Å². The lowest BCUT2D eigenvalue weighted by atomic mass is 9.76. The van der Waals surface area contributed by atoms with E-state index in [0.717, 1.165) is 49.5 Å². The minimum Gasteiger partial charge on any atom is -0.490 e. The van der Waals surface area contributed by atoms with Crippen molar-refractivity contribution in [1.29, 1.82) is 0 Å². The van der Waals surface area contributed by atoms with Crippen LogP contribution in [0.1, 0.15) is 79.0 Å². The second-order valence-corrected chi connectivity index (χ2v) is 18.6. The third-order valence-electron chi connectivity index (χ3n) is 12.0. The highest BCUT2D eigenvalue weighted by Crippen LogP contribution is 2.48. The number of fused-ring (bicyclic) bond motifs is 2. The van der Waals surface area contributed by atoms with Gasteiger partial charge in [-0.05, 0) is 122 Å². The van der Waals surface area contributed by atoms with Gasteiger partial charge in [0.1, 0.15) is 30.5 Å². The summed E-state index contributed by atoms with van der Waals surface area (Å²) >= 11 is 0. The number of carbonyl (C=O) groups is 1. The highest BCUT2D eigenvalue weighted by atomic mass is 32.2. The van der Waals surface area contributed by atoms with Crippen LogP contribution in [0.4, 0.5) is 0 Å². The van der Waals surface area contributed by atoms with Crippen LogP contribution >= 0.6 is 0 Å². The molecule has 0 radical (unpaired) electrons. The molecule has 0 amide bonds. The van der Waals surface area contributed by atoms with Crippen molar-refractivity contribution in [3.63, 3.8) is 0 Å². The molecule has 3 heterocycles. The molecule has 0 spiro atoms. The number of piperidine rings is 1. The van der Waals surface area contributed by atoms with Crippen molar-refractivity contribution in [1.82, 2.24) is 9.21 Å². The van der Waals surface area contributed by atoms with E-state index in [2.05, 4.69) is 74.7 Å². The lowest BCUT2D eigenvalue weighted by Crippen LogP contribution is -2.48. The third-order valence-corrected chi connectivity index (χ3v) is 13.9. The van der Waals surface area contributed by atoms with E-state index in [4.69, 9.17) is 18.9 Å². The van der Waals surface area contributed by atoms with Crippen molar-refractivity contribution in [2.75, 3.05) is 46.0 Å². The molecule has 1 N–H and O–H groups in total. The van der Waals surface area contributed by atoms with Gasteiger partial charge >= 0.3 is 5.97 Å². The van der Waals surface area contributed by atoms with Gasteiger partial charge in [-0.1, -0.05) is 68.5 Å². The maximum Gasteiger partial charge on any atom is 0.341 e. The topological polar surface area (TPSA) is 115 Å². The average Bonchev–Trinajstić information content (AvgIpc) is 3.45. The van der Waals surface area contributed by atoms with Gasteiger partial charge in [0.15, 0.2) is 6.61 Å². The molecule has 3 aliphatic heterocycles. The maximum atomic E-state index is 14.2. The summed E-state index contributed by atoms with van der Waals surface area (Å²) in [4.78, 5) is 14.2. The Morgan fingerprint density at radius 2 is 1.59 bits per heavy atom. The number of carboxylic acids is 1. The van der Waals surface area contributed by atoms with Crippen molar-refractivity contribution in [2.45, 2.75) is 82.9 Å². The first-order valence-electron chi connectivity index (χ1n) is 20.9. The molecule has 7 rings (SSSR count). The summed E-state index contributed by atoms with van der Waals surface area (Å²) in [5, 5.41) is 9.49. The predicted molar refractivity (Wildman–Crippen MR) is 229 cm³/mol. The lowest BCUT2D eigenvalue weighted by Gasteiger charge is -2.47. The number of carboxylic acid groups (broad SMARTS) is 1. The molecule has 59 heavy (non-hydrogen) atoms. The number of sulfonamides is 1. The van der Waals surface area contributed by atoms with Crippen LogP contribution in [0.5, 0.6) is 17.2 Å². The molecule has 0 aromatic heterocycles. The Morgan fingerprint density at radius 1 is 0.898 bits per heavy atom. The minimum absolute atomic E-state index is 0.0571. The zero-order chi connectivity index (χ0) is 41.7. The molecule has 2 fully saturated rings. The Hall–Kier alpha value is -4.68. The van der Waals surface area contributed by atoms with Crippen LogP contribution in [-0.4, -0.2) is 80.8 Å². The number of hydrogen-bond acceptors (Lipinski definition) is 8. The van der Waals surface area contributed by atoms with E-state index >= 15 is 0 Å². The monoisotopic (exact) mass is 822 g/mol. The minimum atomic E-state index is -3.87. The van der Waals surface area contributed by atoms with Crippen LogP contribution in [0.3, 0.4) is 0 Å². The zero-order valence-electron chi connectivity index (χ0n) is 34.8. The van der Waals surface area contributed by atoms with Gasteiger partial charge in [0.2, 0.25) is 10.0 Å². The Labute approximate surface area is 349 Å². The Bertz CT molecular complexity index is 2200. The quantitative estimate of drug-likeness (QED) is 0.0934. The Kier molecular flexibility index (Phi) is 13.5. The second-order valence-electron chi connectivity index (χ2n) is 16.7. The summed E-state index contributed by atoms with van der Waals surface area (Å²) < 4.78 is 54.7. The number of rotatable bonds is 15. The van der Waals surface area contributed by atoms with Crippen molar-refractivity contribution < 1.29 is 37.3 Å². The number of benzene rings is 4. The maximum absolute atomic E-state index is 14.2. The number of aliphatic carboxylic acids is 1. The van der Waals surface area contributed by atoms with Gasteiger partial charge in [-0.25, -0.2) is 13.2 Å². The summed E-state index contributed by atoms with van der Waals surface area (Å²) in [7, 11) is -3.87. The highest BCUT2D eigenvalue weighted by molar-refractivity contribution is 7.89. The molecule has 3 aliphatic rings. The van der Waals surface area contributed by atoms with E-state index in [0.29, 0.717) is 56.4 Å². The van der Waals surface area contributed by atoms with E-state index in [1.807, 2.05) is 31.2 Å². The number of aryl methyl sites for hydroxylation is 1. The van der Waals surface area contributed by atoms with E-state index in [9.17, 15) is 18.3 Å². The molecule has 0 unspecified atom stereocenters. The van der Waals surface area contributed by atoms with Crippen LogP contribution in [0.25, 0.3) is 0 Å². The average molecular weight is 823 g/mol.